The summed E-state index contributed by atoms with van der Waals surface area (Å²) >= 11 is 0. The molecule has 56 heavy (non-hydrogen) atoms. The Morgan fingerprint density at radius 1 is 0.982 bits per heavy atom. The summed E-state index contributed by atoms with van der Waals surface area (Å²) in [7, 11) is 0. The van der Waals surface area contributed by atoms with Gasteiger partial charge in [-0.2, -0.15) is 0 Å². The first-order chi connectivity index (χ1) is 25.8. The molecule has 3 saturated carbocycles. The highest BCUT2D eigenvalue weighted by Gasteiger charge is 2.74. The fourth-order valence-corrected chi connectivity index (χ4v) is 10.0. The van der Waals surface area contributed by atoms with Crippen molar-refractivity contribution in [3.63, 3.8) is 0 Å². The molecule has 1 saturated heterocycles. The molecule has 2 bridgehead atoms. The second kappa shape index (κ2) is 14.2. The van der Waals surface area contributed by atoms with Crippen LogP contribution in [-0.4, -0.2) is 106 Å². The highest BCUT2D eigenvalue weighted by atomic mass is 16.6. The summed E-state index contributed by atoms with van der Waals surface area (Å²) in [5.41, 5.74) is -4.92. The van der Waals surface area contributed by atoms with Crippen LogP contribution in [0.4, 0.5) is 4.79 Å². The van der Waals surface area contributed by atoms with Crippen LogP contribution in [0.1, 0.15) is 98.9 Å². The number of fused-ring (bicyclic) bond motifs is 5. The second-order valence-corrected chi connectivity index (χ2v) is 18.9. The third kappa shape index (κ3) is 7.15. The zero-order valence-electron chi connectivity index (χ0n) is 33.9. The summed E-state index contributed by atoms with van der Waals surface area (Å²) in [5.74, 6) is -5.65. The van der Waals surface area contributed by atoms with Gasteiger partial charge < -0.3 is 44.3 Å². The molecule has 4 fully saturated rings. The number of Topliss-reactive ketones (excluding diaryl/α,β-unsaturated/α-hetero) is 1. The van der Waals surface area contributed by atoms with Crippen molar-refractivity contribution in [2.45, 2.75) is 142 Å². The van der Waals surface area contributed by atoms with E-state index in [1.807, 2.05) is 27.7 Å². The van der Waals surface area contributed by atoms with E-state index in [-0.39, 0.29) is 36.3 Å². The molecule has 0 radical (unpaired) electrons. The van der Waals surface area contributed by atoms with Gasteiger partial charge in [-0.25, -0.2) is 14.4 Å². The molecule has 14 heteroatoms. The van der Waals surface area contributed by atoms with E-state index in [4.69, 9.17) is 23.7 Å². The zero-order valence-corrected chi connectivity index (χ0v) is 33.9. The van der Waals surface area contributed by atoms with Gasteiger partial charge in [-0.1, -0.05) is 45.9 Å². The first-order valence-electron chi connectivity index (χ1n) is 19.4. The highest BCUT2D eigenvalue weighted by Crippen LogP contribution is 2.62. The van der Waals surface area contributed by atoms with Crippen LogP contribution in [0.3, 0.4) is 0 Å². The number of alkyl carbamates (subject to hydrolysis) is 1. The van der Waals surface area contributed by atoms with Gasteiger partial charge >= 0.3 is 24.0 Å². The third-order valence-corrected chi connectivity index (χ3v) is 13.2. The minimum Gasteiger partial charge on any atom is -0.458 e. The van der Waals surface area contributed by atoms with Gasteiger partial charge in [-0.3, -0.25) is 9.59 Å². The molecule has 6 rings (SSSR count). The lowest BCUT2D eigenvalue weighted by Gasteiger charge is -2.65. The van der Waals surface area contributed by atoms with Gasteiger partial charge in [0.05, 0.1) is 35.8 Å². The number of ether oxygens (including phenoxy) is 5. The summed E-state index contributed by atoms with van der Waals surface area (Å²) in [6.07, 6.45) is -8.43. The Labute approximate surface area is 327 Å². The number of rotatable bonds is 8. The SMILES string of the molecule is CC(=O)OC1C(=O)[C@]2(C)C(O)CC3OCC3(O)C2C(OC(=O)c2ccccc2)C2CC(OC(=O)C(O)C(NC(=O)OC(C)(C)C)C3CC3(C)C)C(C)=C1C2(C)C. The predicted molar refractivity (Wildman–Crippen MR) is 199 cm³/mol. The monoisotopic (exact) mass is 783 g/mol. The zero-order chi connectivity index (χ0) is 41.5. The van der Waals surface area contributed by atoms with Crippen LogP contribution in [0.25, 0.3) is 0 Å². The Balaban J connectivity index is 1.45. The number of benzene rings is 1. The van der Waals surface area contributed by atoms with E-state index in [0.717, 1.165) is 6.92 Å². The van der Waals surface area contributed by atoms with Crippen molar-refractivity contribution in [2.24, 2.45) is 34.0 Å². The van der Waals surface area contributed by atoms with Crippen LogP contribution in [0.5, 0.6) is 0 Å². The predicted octanol–water partition coefficient (Wildman–Crippen LogP) is 3.82. The fraction of sp³-hybridized carbons (Fsp3) is 0.690. The van der Waals surface area contributed by atoms with E-state index < -0.39 is 106 Å². The molecule has 14 nitrogen and oxygen atoms in total. The van der Waals surface area contributed by atoms with Crippen LogP contribution in [0.15, 0.2) is 41.5 Å². The summed E-state index contributed by atoms with van der Waals surface area (Å²) in [6, 6.07) is 7.16. The first-order valence-corrected chi connectivity index (χ1v) is 19.4. The Morgan fingerprint density at radius 2 is 1.61 bits per heavy atom. The lowest BCUT2D eigenvalue weighted by Crippen LogP contribution is -2.78. The van der Waals surface area contributed by atoms with Crippen molar-refractivity contribution in [3.8, 4) is 0 Å². The normalized spacial score (nSPS) is 36.5. The quantitative estimate of drug-likeness (QED) is 0.169. The number of nitrogens with one attached hydrogen (secondary N) is 1. The molecular formula is C42H57NO13. The van der Waals surface area contributed by atoms with E-state index in [2.05, 4.69) is 5.32 Å². The maximum Gasteiger partial charge on any atom is 0.407 e. The summed E-state index contributed by atoms with van der Waals surface area (Å²) in [5, 5.41) is 38.5. The van der Waals surface area contributed by atoms with Crippen molar-refractivity contribution in [3.05, 3.63) is 47.0 Å². The minimum atomic E-state index is -1.82. The molecule has 4 aliphatic carbocycles. The van der Waals surface area contributed by atoms with Crippen molar-refractivity contribution in [1.29, 1.82) is 0 Å². The fourth-order valence-electron chi connectivity index (χ4n) is 10.0. The Morgan fingerprint density at radius 3 is 2.14 bits per heavy atom. The summed E-state index contributed by atoms with van der Waals surface area (Å²) in [4.78, 5) is 69.0. The van der Waals surface area contributed by atoms with Crippen LogP contribution < -0.4 is 5.32 Å². The van der Waals surface area contributed by atoms with Crippen LogP contribution in [0.2, 0.25) is 0 Å². The van der Waals surface area contributed by atoms with E-state index in [9.17, 15) is 34.5 Å². The molecule has 308 valence electrons. The van der Waals surface area contributed by atoms with Crippen molar-refractivity contribution in [2.75, 3.05) is 6.61 Å². The van der Waals surface area contributed by atoms with Gasteiger partial charge in [0, 0.05) is 25.2 Å². The minimum absolute atomic E-state index is 0.0160. The van der Waals surface area contributed by atoms with Gasteiger partial charge in [0.2, 0.25) is 0 Å². The molecule has 0 spiro atoms. The molecular weight excluding hydrogens is 726 g/mol. The maximum absolute atomic E-state index is 15.2. The molecule has 1 aromatic rings. The average Bonchev–Trinajstić information content (AvgIpc) is 3.73. The van der Waals surface area contributed by atoms with Crippen molar-refractivity contribution < 1.29 is 63.0 Å². The number of aliphatic hydroxyl groups is 3. The van der Waals surface area contributed by atoms with Gasteiger partial charge in [-0.15, -0.1) is 0 Å². The van der Waals surface area contributed by atoms with Crippen LogP contribution >= 0.6 is 0 Å². The molecule has 12 atom stereocenters. The average molecular weight is 784 g/mol. The van der Waals surface area contributed by atoms with Gasteiger partial charge in [0.1, 0.15) is 23.4 Å². The second-order valence-electron chi connectivity index (χ2n) is 18.9. The Bertz CT molecular complexity index is 1800. The highest BCUT2D eigenvalue weighted by molar-refractivity contribution is 5.95. The molecule has 4 N–H and O–H groups in total. The van der Waals surface area contributed by atoms with Crippen LogP contribution in [-0.2, 0) is 38.1 Å². The van der Waals surface area contributed by atoms with Crippen LogP contribution in [0, 0.1) is 34.0 Å². The van der Waals surface area contributed by atoms with E-state index in [1.54, 1.807) is 58.0 Å². The molecule has 5 aliphatic rings. The number of carbonyl (C=O) groups is 5. The molecule has 1 heterocycles. The van der Waals surface area contributed by atoms with Crippen molar-refractivity contribution in [1.82, 2.24) is 5.32 Å². The van der Waals surface area contributed by atoms with E-state index in [0.29, 0.717) is 17.6 Å². The number of hydrogen-bond acceptors (Lipinski definition) is 13. The number of hydrogen-bond donors (Lipinski definition) is 4. The standard InChI is InChI=1S/C42H57NO13/c1-20-25(54-36(49)30(46)29(24-18-39(24,6)7)43-37(50)56-38(3,4)5)16-23-31(55-35(48)22-14-12-11-13-15-22)33-41(10,26(45)17-27-42(33,51)19-52-27)34(47)32(53-21(2)44)28(20)40(23,8)9/h11-15,23-27,29-33,45-46,51H,16-19H2,1-10H3,(H,43,50)/t23?,24?,25?,26?,27?,29?,30?,31?,32?,33?,41-,42?/m1/s1. The smallest absolute Gasteiger partial charge is 0.407 e. The first kappa shape index (κ1) is 41.8. The lowest BCUT2D eigenvalue weighted by atomic mass is 9.46. The number of ketones is 1. The number of aliphatic hydroxyl groups excluding tert-OH is 2. The topological polar surface area (TPSA) is 204 Å². The molecule has 11 unspecified atom stereocenters. The lowest BCUT2D eigenvalue weighted by molar-refractivity contribution is -0.332. The summed E-state index contributed by atoms with van der Waals surface area (Å²) in [6.45, 7) is 16.7. The molecule has 1 aliphatic heterocycles. The number of amides is 1. The van der Waals surface area contributed by atoms with Gasteiger partial charge in [0.25, 0.3) is 0 Å². The van der Waals surface area contributed by atoms with E-state index in [1.165, 1.54) is 6.92 Å². The maximum atomic E-state index is 15.2. The number of esters is 3. The van der Waals surface area contributed by atoms with Gasteiger partial charge in [-0.05, 0) is 87.5 Å². The number of carbonyl (C=O) groups excluding carboxylic acids is 5. The molecule has 1 amide bonds. The van der Waals surface area contributed by atoms with E-state index >= 15 is 4.79 Å². The molecule has 1 aromatic carbocycles. The molecule has 0 aromatic heterocycles. The summed E-state index contributed by atoms with van der Waals surface area (Å²) < 4.78 is 29.6. The largest absolute Gasteiger partial charge is 0.458 e. The third-order valence-electron chi connectivity index (χ3n) is 13.2. The Hall–Kier alpha value is -3.85. The van der Waals surface area contributed by atoms with Crippen molar-refractivity contribution >= 4 is 29.8 Å². The Kier molecular flexibility index (Phi) is 10.6. The van der Waals surface area contributed by atoms with Gasteiger partial charge in [0.15, 0.2) is 18.0 Å².